The second kappa shape index (κ2) is 10.5. The molecule has 1 heterocycles. The van der Waals surface area contributed by atoms with Gasteiger partial charge in [-0.3, -0.25) is 0 Å². The highest BCUT2D eigenvalue weighted by Crippen LogP contribution is 2.37. The zero-order valence-electron chi connectivity index (χ0n) is 20.9. The summed E-state index contributed by atoms with van der Waals surface area (Å²) in [5, 5.41) is 17.5. The van der Waals surface area contributed by atoms with Crippen LogP contribution in [0.2, 0.25) is 5.02 Å². The summed E-state index contributed by atoms with van der Waals surface area (Å²) in [7, 11) is 1.77. The lowest BCUT2D eigenvalue weighted by atomic mass is 9.88. The van der Waals surface area contributed by atoms with Crippen LogP contribution in [0.25, 0.3) is 17.5 Å². The molecule has 0 radical (unpaired) electrons. The fraction of sp³-hybridized carbons (Fsp3) is 0.308. The summed E-state index contributed by atoms with van der Waals surface area (Å²) in [6.07, 6.45) is -1.22. The monoisotopic (exact) mass is 537 g/mol. The van der Waals surface area contributed by atoms with Gasteiger partial charge in [-0.25, -0.2) is 9.48 Å². The first-order valence-electron chi connectivity index (χ1n) is 11.2. The number of rotatable bonds is 9. The molecule has 2 N–H and O–H groups in total. The highest BCUT2D eigenvalue weighted by atomic mass is 35.5. The number of carbonyl (C=O) groups is 1. The van der Waals surface area contributed by atoms with E-state index in [9.17, 15) is 23.1 Å². The van der Waals surface area contributed by atoms with Crippen molar-refractivity contribution in [2.24, 2.45) is 0 Å². The average molecular weight is 538 g/mol. The van der Waals surface area contributed by atoms with Gasteiger partial charge in [-0.05, 0) is 82.8 Å². The molecule has 198 valence electrons. The number of halogens is 4. The minimum absolute atomic E-state index is 0.222. The Morgan fingerprint density at radius 2 is 1.73 bits per heavy atom. The van der Waals surface area contributed by atoms with Crippen molar-refractivity contribution in [1.29, 1.82) is 0 Å². The highest BCUT2D eigenvalue weighted by molar-refractivity contribution is 6.32. The van der Waals surface area contributed by atoms with Gasteiger partial charge in [0, 0.05) is 11.8 Å². The van der Waals surface area contributed by atoms with Gasteiger partial charge in [-0.15, -0.1) is 13.2 Å². The quantitative estimate of drug-likeness (QED) is 0.332. The van der Waals surface area contributed by atoms with E-state index in [2.05, 4.69) is 15.2 Å². The molecule has 0 bridgehead atoms. The third-order valence-corrected chi connectivity index (χ3v) is 6.11. The van der Waals surface area contributed by atoms with Crippen LogP contribution in [-0.2, 0) is 10.3 Å². The first-order chi connectivity index (χ1) is 17.2. The number of ether oxygens (including phenoxy) is 2. The third-order valence-electron chi connectivity index (χ3n) is 5.81. The van der Waals surface area contributed by atoms with Crippen LogP contribution < -0.4 is 14.8 Å². The molecule has 1 atom stereocenters. The molecule has 0 saturated heterocycles. The van der Waals surface area contributed by atoms with Crippen LogP contribution in [-0.4, -0.2) is 39.9 Å². The van der Waals surface area contributed by atoms with E-state index in [0.29, 0.717) is 17.0 Å². The molecule has 0 aliphatic carbocycles. The summed E-state index contributed by atoms with van der Waals surface area (Å²) in [6, 6.07) is 12.3. The van der Waals surface area contributed by atoms with Crippen molar-refractivity contribution in [1.82, 2.24) is 15.1 Å². The van der Waals surface area contributed by atoms with Crippen LogP contribution in [0.15, 0.2) is 54.6 Å². The summed E-state index contributed by atoms with van der Waals surface area (Å²) in [6.45, 7) is 6.60. The van der Waals surface area contributed by atoms with Crippen molar-refractivity contribution in [3.05, 3.63) is 70.9 Å². The van der Waals surface area contributed by atoms with E-state index < -0.39 is 23.5 Å². The molecule has 11 heteroatoms. The normalized spacial score (nSPS) is 14.0. The van der Waals surface area contributed by atoms with Gasteiger partial charge in [-0.1, -0.05) is 23.7 Å². The molecular weight excluding hydrogens is 511 g/mol. The van der Waals surface area contributed by atoms with Gasteiger partial charge < -0.3 is 19.9 Å². The maximum Gasteiger partial charge on any atom is 0.573 e. The van der Waals surface area contributed by atoms with Crippen molar-refractivity contribution in [3.8, 4) is 22.8 Å². The lowest BCUT2D eigenvalue weighted by molar-refractivity contribution is -0.274. The summed E-state index contributed by atoms with van der Waals surface area (Å²) >= 11 is 6.48. The van der Waals surface area contributed by atoms with Crippen LogP contribution in [0.4, 0.5) is 13.2 Å². The van der Waals surface area contributed by atoms with E-state index in [-0.39, 0.29) is 16.5 Å². The number of hydrogen-bond acceptors (Lipinski definition) is 5. The van der Waals surface area contributed by atoms with E-state index in [1.807, 2.05) is 19.9 Å². The van der Waals surface area contributed by atoms with Crippen molar-refractivity contribution < 1.29 is 32.5 Å². The lowest BCUT2D eigenvalue weighted by Crippen LogP contribution is -2.40. The summed E-state index contributed by atoms with van der Waals surface area (Å²) < 4.78 is 48.8. The topological polar surface area (TPSA) is 85.6 Å². The van der Waals surface area contributed by atoms with Gasteiger partial charge in [-0.2, -0.15) is 5.10 Å². The molecule has 37 heavy (non-hydrogen) atoms. The molecular formula is C26H27ClF3N3O4. The SMILES string of the molecule is CC=Cn1nc(-c2ccc(OC(F)(F)F)cc2)cc1C(C)(NC)c1ccc(OC(C)(C)C(=O)O)c(Cl)c1. The molecule has 3 rings (SSSR count). The fourth-order valence-electron chi connectivity index (χ4n) is 3.62. The van der Waals surface area contributed by atoms with Crippen LogP contribution in [0.1, 0.15) is 39.0 Å². The number of benzene rings is 2. The zero-order valence-corrected chi connectivity index (χ0v) is 21.6. The van der Waals surface area contributed by atoms with Crippen LogP contribution in [0.3, 0.4) is 0 Å². The molecule has 0 spiro atoms. The summed E-state index contributed by atoms with van der Waals surface area (Å²) in [4.78, 5) is 11.4. The Hall–Kier alpha value is -3.50. The van der Waals surface area contributed by atoms with Crippen molar-refractivity contribution in [2.75, 3.05) is 7.05 Å². The van der Waals surface area contributed by atoms with Crippen molar-refractivity contribution in [3.63, 3.8) is 0 Å². The number of nitrogens with one attached hydrogen (secondary N) is 1. The molecule has 0 aliphatic heterocycles. The Bertz CT molecular complexity index is 1300. The largest absolute Gasteiger partial charge is 0.573 e. The summed E-state index contributed by atoms with van der Waals surface area (Å²) in [5.74, 6) is -1.24. The van der Waals surface area contributed by atoms with Crippen LogP contribution in [0, 0.1) is 0 Å². The van der Waals surface area contributed by atoms with E-state index in [4.69, 9.17) is 16.3 Å². The number of alkyl halides is 3. The second-order valence-electron chi connectivity index (χ2n) is 8.85. The number of allylic oxidation sites excluding steroid dienone is 1. The highest BCUT2D eigenvalue weighted by Gasteiger charge is 2.34. The van der Waals surface area contributed by atoms with Gasteiger partial charge in [0.1, 0.15) is 11.5 Å². The van der Waals surface area contributed by atoms with Gasteiger partial charge in [0.2, 0.25) is 0 Å². The molecule has 0 amide bonds. The molecule has 0 saturated carbocycles. The van der Waals surface area contributed by atoms with Crippen molar-refractivity contribution in [2.45, 2.75) is 45.2 Å². The number of hydrogen-bond donors (Lipinski definition) is 2. The predicted octanol–water partition coefficient (Wildman–Crippen LogP) is 6.32. The molecule has 1 aromatic heterocycles. The van der Waals surface area contributed by atoms with Gasteiger partial charge >= 0.3 is 12.3 Å². The second-order valence-corrected chi connectivity index (χ2v) is 9.26. The number of carboxylic acid groups (broad SMARTS) is 1. The maximum absolute atomic E-state index is 12.5. The minimum Gasteiger partial charge on any atom is -0.478 e. The number of nitrogens with zero attached hydrogens (tertiary/aromatic N) is 2. The molecule has 0 fully saturated rings. The van der Waals surface area contributed by atoms with Gasteiger partial charge in [0.05, 0.1) is 21.9 Å². The number of carboxylic acids is 1. The number of aliphatic carboxylic acids is 1. The average Bonchev–Trinajstić information content (AvgIpc) is 3.24. The third kappa shape index (κ3) is 6.26. The van der Waals surface area contributed by atoms with Crippen molar-refractivity contribution >= 4 is 23.8 Å². The molecule has 3 aromatic rings. The van der Waals surface area contributed by atoms with Gasteiger partial charge in [0.15, 0.2) is 5.60 Å². The Kier molecular flexibility index (Phi) is 7.94. The zero-order chi connectivity index (χ0) is 27.6. The molecule has 1 unspecified atom stereocenters. The standard InChI is InChI=1S/C26H27ClF3N3O4/c1-6-13-33-22(15-20(32-33)16-7-10-18(11-8-16)36-26(28,29)30)25(4,31-5)17-9-12-21(19(27)14-17)37-24(2,3)23(34)35/h6-15,31H,1-5H3,(H,34,35). The lowest BCUT2D eigenvalue weighted by Gasteiger charge is -2.31. The Morgan fingerprint density at radius 1 is 1.08 bits per heavy atom. The van der Waals surface area contributed by atoms with Crippen LogP contribution in [0.5, 0.6) is 11.5 Å². The number of aromatic nitrogens is 2. The fourth-order valence-corrected chi connectivity index (χ4v) is 3.84. The smallest absolute Gasteiger partial charge is 0.478 e. The Labute approximate surface area is 217 Å². The van der Waals surface area contributed by atoms with E-state index >= 15 is 0 Å². The maximum atomic E-state index is 12.5. The van der Waals surface area contributed by atoms with Gasteiger partial charge in [0.25, 0.3) is 0 Å². The minimum atomic E-state index is -4.78. The first-order valence-corrected chi connectivity index (χ1v) is 11.6. The predicted molar refractivity (Wildman–Crippen MR) is 135 cm³/mol. The summed E-state index contributed by atoms with van der Waals surface area (Å²) in [5.41, 5.74) is 0.283. The van der Waals surface area contributed by atoms with Crippen LogP contribution >= 0.6 is 11.6 Å². The van der Waals surface area contributed by atoms with E-state index in [1.165, 1.54) is 38.1 Å². The van der Waals surface area contributed by atoms with E-state index in [0.717, 1.165) is 5.56 Å². The molecule has 2 aromatic carbocycles. The molecule has 0 aliphatic rings. The molecule has 7 nitrogen and oxygen atoms in total. The first kappa shape index (κ1) is 28.1. The van der Waals surface area contributed by atoms with E-state index in [1.54, 1.807) is 42.2 Å². The Morgan fingerprint density at radius 3 is 2.24 bits per heavy atom. The Balaban J connectivity index is 2.02.